The van der Waals surface area contributed by atoms with Crippen LogP contribution in [0, 0.1) is 17.8 Å². The summed E-state index contributed by atoms with van der Waals surface area (Å²) in [7, 11) is 0. The third-order valence-electron chi connectivity index (χ3n) is 3.96. The van der Waals surface area contributed by atoms with Crippen LogP contribution in [0.25, 0.3) is 0 Å². The highest BCUT2D eigenvalue weighted by molar-refractivity contribution is 5.75. The van der Waals surface area contributed by atoms with Gasteiger partial charge in [0.05, 0.1) is 12.0 Å². The molecule has 0 amide bonds. The SMILES string of the molecule is O=C(OC1C2CCC(C2)C1O)C1CC1. The van der Waals surface area contributed by atoms with E-state index in [1.165, 1.54) is 0 Å². The molecule has 3 heteroatoms. The predicted molar refractivity (Wildman–Crippen MR) is 49.4 cm³/mol. The number of fused-ring (bicyclic) bond motifs is 2. The molecule has 0 aromatic carbocycles. The Balaban J connectivity index is 1.64. The minimum absolute atomic E-state index is 0.0680. The minimum Gasteiger partial charge on any atom is -0.459 e. The van der Waals surface area contributed by atoms with E-state index >= 15 is 0 Å². The van der Waals surface area contributed by atoms with E-state index in [-0.39, 0.29) is 24.1 Å². The number of ether oxygens (including phenoxy) is 1. The molecule has 0 radical (unpaired) electrons. The van der Waals surface area contributed by atoms with Gasteiger partial charge in [0.1, 0.15) is 6.10 Å². The van der Waals surface area contributed by atoms with E-state index in [1.54, 1.807) is 0 Å². The van der Waals surface area contributed by atoms with Gasteiger partial charge in [-0.15, -0.1) is 0 Å². The van der Waals surface area contributed by atoms with Crippen LogP contribution in [0.2, 0.25) is 0 Å². The summed E-state index contributed by atoms with van der Waals surface area (Å²) < 4.78 is 5.39. The Morgan fingerprint density at radius 2 is 1.86 bits per heavy atom. The predicted octanol–water partition coefficient (Wildman–Crippen LogP) is 1.10. The molecule has 0 aromatic rings. The highest BCUT2D eigenvalue weighted by Crippen LogP contribution is 2.46. The molecular weight excluding hydrogens is 180 g/mol. The Bertz CT molecular complexity index is 257. The van der Waals surface area contributed by atoms with Gasteiger partial charge in [0.25, 0.3) is 0 Å². The Labute approximate surface area is 83.4 Å². The van der Waals surface area contributed by atoms with Crippen molar-refractivity contribution in [2.24, 2.45) is 17.8 Å². The molecule has 3 aliphatic rings. The lowest BCUT2D eigenvalue weighted by molar-refractivity contribution is -0.160. The van der Waals surface area contributed by atoms with Crippen LogP contribution in [0.5, 0.6) is 0 Å². The lowest BCUT2D eigenvalue weighted by atomic mass is 9.95. The van der Waals surface area contributed by atoms with Crippen LogP contribution in [0.3, 0.4) is 0 Å². The summed E-state index contributed by atoms with van der Waals surface area (Å²) in [5.74, 6) is 0.928. The van der Waals surface area contributed by atoms with Crippen LogP contribution in [-0.4, -0.2) is 23.3 Å². The average molecular weight is 196 g/mol. The number of aliphatic hydroxyl groups is 1. The lowest BCUT2D eigenvalue weighted by Gasteiger charge is -2.26. The van der Waals surface area contributed by atoms with Gasteiger partial charge >= 0.3 is 5.97 Å². The maximum Gasteiger partial charge on any atom is 0.309 e. The van der Waals surface area contributed by atoms with Gasteiger partial charge in [-0.2, -0.15) is 0 Å². The summed E-state index contributed by atoms with van der Waals surface area (Å²) in [6.07, 6.45) is 4.71. The molecule has 0 saturated heterocycles. The third kappa shape index (κ3) is 1.26. The first-order valence-electron chi connectivity index (χ1n) is 5.64. The van der Waals surface area contributed by atoms with Crippen molar-refractivity contribution in [3.63, 3.8) is 0 Å². The molecule has 0 aromatic heterocycles. The molecule has 3 rings (SSSR count). The molecule has 14 heavy (non-hydrogen) atoms. The number of esters is 1. The van der Waals surface area contributed by atoms with Gasteiger partial charge in [-0.05, 0) is 43.9 Å². The quantitative estimate of drug-likeness (QED) is 0.673. The summed E-state index contributed by atoms with van der Waals surface area (Å²) in [5.41, 5.74) is 0. The van der Waals surface area contributed by atoms with Gasteiger partial charge in [-0.1, -0.05) is 0 Å². The zero-order valence-electron chi connectivity index (χ0n) is 8.19. The summed E-state index contributed by atoms with van der Waals surface area (Å²) in [6, 6.07) is 0. The zero-order valence-corrected chi connectivity index (χ0v) is 8.19. The summed E-state index contributed by atoms with van der Waals surface area (Å²) >= 11 is 0. The molecule has 0 heterocycles. The van der Waals surface area contributed by atoms with Gasteiger partial charge in [-0.25, -0.2) is 0 Å². The minimum atomic E-state index is -0.378. The van der Waals surface area contributed by atoms with E-state index in [0.29, 0.717) is 11.8 Å². The van der Waals surface area contributed by atoms with Crippen LogP contribution in [0.4, 0.5) is 0 Å². The molecule has 1 N–H and O–H groups in total. The third-order valence-corrected chi connectivity index (χ3v) is 3.96. The molecule has 3 saturated carbocycles. The number of aliphatic hydroxyl groups excluding tert-OH is 1. The number of rotatable bonds is 2. The highest BCUT2D eigenvalue weighted by atomic mass is 16.6. The monoisotopic (exact) mass is 196 g/mol. The topological polar surface area (TPSA) is 46.5 Å². The van der Waals surface area contributed by atoms with Crippen LogP contribution in [0.15, 0.2) is 0 Å². The van der Waals surface area contributed by atoms with Crippen LogP contribution in [-0.2, 0) is 9.53 Å². The van der Waals surface area contributed by atoms with Crippen molar-refractivity contribution in [3.05, 3.63) is 0 Å². The molecule has 2 bridgehead atoms. The van der Waals surface area contributed by atoms with Crippen LogP contribution < -0.4 is 0 Å². The van der Waals surface area contributed by atoms with Crippen molar-refractivity contribution < 1.29 is 14.6 Å². The van der Waals surface area contributed by atoms with Crippen molar-refractivity contribution in [3.8, 4) is 0 Å². The van der Waals surface area contributed by atoms with Crippen molar-refractivity contribution in [2.45, 2.75) is 44.3 Å². The molecule has 3 fully saturated rings. The summed E-state index contributed by atoms with van der Waals surface area (Å²) in [5, 5.41) is 9.85. The molecule has 3 nitrogen and oxygen atoms in total. The number of carbonyl (C=O) groups is 1. The fraction of sp³-hybridized carbons (Fsp3) is 0.909. The van der Waals surface area contributed by atoms with Crippen molar-refractivity contribution in [1.82, 2.24) is 0 Å². The number of carbonyl (C=O) groups excluding carboxylic acids is 1. The van der Waals surface area contributed by atoms with Crippen LogP contribution in [0.1, 0.15) is 32.1 Å². The second kappa shape index (κ2) is 2.96. The first-order valence-corrected chi connectivity index (χ1v) is 5.64. The van der Waals surface area contributed by atoms with Gasteiger partial charge in [0.15, 0.2) is 0 Å². The van der Waals surface area contributed by atoms with E-state index < -0.39 is 0 Å². The first kappa shape index (κ1) is 8.72. The molecular formula is C11H16O3. The second-order valence-electron chi connectivity index (χ2n) is 5.00. The second-order valence-corrected chi connectivity index (χ2v) is 5.00. The maximum atomic E-state index is 11.4. The standard InChI is InChI=1S/C11H16O3/c12-9-7-3-4-8(5-7)10(9)14-11(13)6-1-2-6/h6-10,12H,1-5H2. The van der Waals surface area contributed by atoms with Crippen molar-refractivity contribution >= 4 is 5.97 Å². The zero-order chi connectivity index (χ0) is 9.71. The Morgan fingerprint density at radius 3 is 2.43 bits per heavy atom. The van der Waals surface area contributed by atoms with Gasteiger partial charge < -0.3 is 9.84 Å². The molecule has 4 atom stereocenters. The molecule has 0 aliphatic heterocycles. The highest BCUT2D eigenvalue weighted by Gasteiger charge is 2.49. The normalized spacial score (nSPS) is 45.5. The van der Waals surface area contributed by atoms with Gasteiger partial charge in [-0.3, -0.25) is 4.79 Å². The van der Waals surface area contributed by atoms with E-state index in [2.05, 4.69) is 0 Å². The van der Waals surface area contributed by atoms with E-state index in [9.17, 15) is 9.90 Å². The smallest absolute Gasteiger partial charge is 0.309 e. The first-order chi connectivity index (χ1) is 6.75. The fourth-order valence-electron chi connectivity index (χ4n) is 2.92. The molecule has 0 spiro atoms. The largest absolute Gasteiger partial charge is 0.459 e. The Kier molecular flexibility index (Phi) is 1.84. The summed E-state index contributed by atoms with van der Waals surface area (Å²) in [4.78, 5) is 11.4. The Hall–Kier alpha value is -0.570. The molecule has 78 valence electrons. The van der Waals surface area contributed by atoms with Crippen molar-refractivity contribution in [1.29, 1.82) is 0 Å². The van der Waals surface area contributed by atoms with E-state index in [4.69, 9.17) is 4.74 Å². The fourth-order valence-corrected chi connectivity index (χ4v) is 2.92. The number of hydrogen-bond acceptors (Lipinski definition) is 3. The average Bonchev–Trinajstić information content (AvgIpc) is 2.86. The van der Waals surface area contributed by atoms with Crippen molar-refractivity contribution in [2.75, 3.05) is 0 Å². The number of hydrogen-bond donors (Lipinski definition) is 1. The van der Waals surface area contributed by atoms with Crippen LogP contribution >= 0.6 is 0 Å². The summed E-state index contributed by atoms with van der Waals surface area (Å²) in [6.45, 7) is 0. The molecule has 4 unspecified atom stereocenters. The van der Waals surface area contributed by atoms with E-state index in [0.717, 1.165) is 32.1 Å². The van der Waals surface area contributed by atoms with Gasteiger partial charge in [0.2, 0.25) is 0 Å². The lowest BCUT2D eigenvalue weighted by Crippen LogP contribution is -2.36. The maximum absolute atomic E-state index is 11.4. The van der Waals surface area contributed by atoms with E-state index in [1.807, 2.05) is 0 Å². The van der Waals surface area contributed by atoms with Gasteiger partial charge in [0, 0.05) is 0 Å². The Morgan fingerprint density at radius 1 is 1.14 bits per heavy atom. The molecule has 3 aliphatic carbocycles.